The van der Waals surface area contributed by atoms with E-state index in [2.05, 4.69) is 4.98 Å². The van der Waals surface area contributed by atoms with Crippen molar-refractivity contribution in [2.45, 2.75) is 26.3 Å². The number of para-hydroxylation sites is 3. The number of nitrogens with two attached hydrogens (primary N) is 1. The monoisotopic (exact) mass is 368 g/mol. The molecule has 0 amide bonds. The first kappa shape index (κ1) is 18.8. The zero-order valence-corrected chi connectivity index (χ0v) is 15.5. The molecule has 0 bridgehead atoms. The van der Waals surface area contributed by atoms with E-state index in [1.165, 1.54) is 0 Å². The quantitative estimate of drug-likeness (QED) is 0.690. The van der Waals surface area contributed by atoms with Crippen LogP contribution in [0.4, 0.5) is 0 Å². The summed E-state index contributed by atoms with van der Waals surface area (Å²) in [5.41, 5.74) is 9.08. The van der Waals surface area contributed by atoms with E-state index in [-0.39, 0.29) is 5.97 Å². The van der Waals surface area contributed by atoms with Crippen LogP contribution >= 0.6 is 0 Å². The van der Waals surface area contributed by atoms with Crippen LogP contribution in [0.5, 0.6) is 11.5 Å². The third-order valence-electron chi connectivity index (χ3n) is 4.32. The highest BCUT2D eigenvalue weighted by Gasteiger charge is 2.18. The molecule has 1 aliphatic rings. The van der Waals surface area contributed by atoms with Crippen molar-refractivity contribution in [2.24, 2.45) is 5.73 Å². The van der Waals surface area contributed by atoms with Crippen molar-refractivity contribution in [1.82, 2.24) is 4.98 Å². The smallest absolute Gasteiger partial charge is 0.323 e. The summed E-state index contributed by atoms with van der Waals surface area (Å²) < 4.78 is 15.1. The van der Waals surface area contributed by atoms with Crippen molar-refractivity contribution in [1.29, 1.82) is 0 Å². The molecular weight excluding hydrogens is 344 g/mol. The van der Waals surface area contributed by atoms with Gasteiger partial charge in [-0.25, -0.2) is 0 Å². The molecule has 1 aromatic heterocycles. The first-order valence-electron chi connectivity index (χ1n) is 8.93. The van der Waals surface area contributed by atoms with Gasteiger partial charge in [0.05, 0.1) is 6.61 Å². The molecule has 2 heterocycles. The van der Waals surface area contributed by atoms with Crippen LogP contribution in [0.15, 0.2) is 48.5 Å². The average Bonchev–Trinajstić information content (AvgIpc) is 3.27. The third kappa shape index (κ3) is 4.41. The molecule has 0 fully saturated rings. The Morgan fingerprint density at radius 3 is 2.44 bits per heavy atom. The number of aromatic nitrogens is 1. The van der Waals surface area contributed by atoms with Gasteiger partial charge in [0, 0.05) is 23.0 Å². The van der Waals surface area contributed by atoms with Gasteiger partial charge in [-0.2, -0.15) is 0 Å². The lowest BCUT2D eigenvalue weighted by molar-refractivity contribution is -0.144. The molecule has 0 saturated carbocycles. The average molecular weight is 368 g/mol. The zero-order valence-electron chi connectivity index (χ0n) is 15.5. The molecule has 0 radical (unpaired) electrons. The molecule has 1 atom stereocenters. The predicted molar refractivity (Wildman–Crippen MR) is 104 cm³/mol. The third-order valence-corrected chi connectivity index (χ3v) is 4.32. The van der Waals surface area contributed by atoms with E-state index in [1.54, 1.807) is 6.92 Å². The maximum atomic E-state index is 11.6. The Bertz CT molecular complexity index is 896. The molecule has 142 valence electrons. The molecule has 2 aromatic carbocycles. The molecule has 27 heavy (non-hydrogen) atoms. The second-order valence-corrected chi connectivity index (χ2v) is 6.19. The molecule has 3 aromatic rings. The number of carbonyl (C=O) groups excluding carboxylic acids is 1. The largest absolute Gasteiger partial charge is 0.465 e. The van der Waals surface area contributed by atoms with E-state index in [0.717, 1.165) is 33.7 Å². The molecule has 1 aliphatic heterocycles. The van der Waals surface area contributed by atoms with Crippen LogP contribution in [-0.4, -0.2) is 30.4 Å². The molecule has 6 nitrogen and oxygen atoms in total. The van der Waals surface area contributed by atoms with Crippen molar-refractivity contribution in [2.75, 3.05) is 13.4 Å². The minimum absolute atomic E-state index is 0.345. The molecule has 3 N–H and O–H groups in total. The number of ether oxygens (including phenoxy) is 3. The number of hydrogen-bond donors (Lipinski definition) is 2. The number of H-pyrrole nitrogens is 1. The second kappa shape index (κ2) is 8.60. The Balaban J connectivity index is 0.000000193. The van der Waals surface area contributed by atoms with Gasteiger partial charge in [-0.05, 0) is 37.6 Å². The highest BCUT2D eigenvalue weighted by atomic mass is 16.7. The van der Waals surface area contributed by atoms with E-state index in [0.29, 0.717) is 19.8 Å². The first-order chi connectivity index (χ1) is 13.1. The molecule has 0 spiro atoms. The summed E-state index contributed by atoms with van der Waals surface area (Å²) in [6.45, 7) is 4.49. The molecule has 4 rings (SSSR count). The van der Waals surface area contributed by atoms with Crippen LogP contribution in [0.2, 0.25) is 0 Å². The van der Waals surface area contributed by atoms with Gasteiger partial charge in [0.2, 0.25) is 6.79 Å². The number of fused-ring (bicyclic) bond motifs is 2. The normalized spacial score (nSPS) is 13.0. The number of hydrogen-bond acceptors (Lipinski definition) is 5. The summed E-state index contributed by atoms with van der Waals surface area (Å²) in [7, 11) is 0. The SMILES string of the molecule is CCOC(=O)[C@@H](N)Cc1c(C)[nH]c2ccccc12.c1ccc2c(c1)OCO2. The number of aromatic amines is 1. The minimum atomic E-state index is -0.608. The predicted octanol–water partition coefficient (Wildman–Crippen LogP) is 3.32. The van der Waals surface area contributed by atoms with Crippen LogP contribution in [0.3, 0.4) is 0 Å². The van der Waals surface area contributed by atoms with Crippen molar-refractivity contribution >= 4 is 16.9 Å². The maximum absolute atomic E-state index is 11.6. The van der Waals surface area contributed by atoms with Crippen LogP contribution in [0, 0.1) is 6.92 Å². The Morgan fingerprint density at radius 1 is 1.15 bits per heavy atom. The van der Waals surface area contributed by atoms with E-state index in [4.69, 9.17) is 19.9 Å². The second-order valence-electron chi connectivity index (χ2n) is 6.19. The van der Waals surface area contributed by atoms with Crippen LogP contribution in [0.1, 0.15) is 18.2 Å². The lowest BCUT2D eigenvalue weighted by Gasteiger charge is -2.10. The van der Waals surface area contributed by atoms with Crippen molar-refractivity contribution in [3.05, 3.63) is 59.8 Å². The highest BCUT2D eigenvalue weighted by molar-refractivity contribution is 5.85. The lowest BCUT2D eigenvalue weighted by atomic mass is 10.0. The summed E-state index contributed by atoms with van der Waals surface area (Å²) >= 11 is 0. The highest BCUT2D eigenvalue weighted by Crippen LogP contribution is 2.30. The van der Waals surface area contributed by atoms with Gasteiger partial charge in [0.1, 0.15) is 6.04 Å². The minimum Gasteiger partial charge on any atom is -0.465 e. The van der Waals surface area contributed by atoms with Gasteiger partial charge >= 0.3 is 5.97 Å². The van der Waals surface area contributed by atoms with E-state index < -0.39 is 6.04 Å². The topological polar surface area (TPSA) is 86.6 Å². The van der Waals surface area contributed by atoms with Gasteiger partial charge in [0.15, 0.2) is 11.5 Å². The summed E-state index contributed by atoms with van der Waals surface area (Å²) in [5, 5.41) is 1.12. The molecule has 0 aliphatic carbocycles. The Kier molecular flexibility index (Phi) is 5.98. The van der Waals surface area contributed by atoms with Crippen LogP contribution < -0.4 is 15.2 Å². The first-order valence-corrected chi connectivity index (χ1v) is 8.93. The van der Waals surface area contributed by atoms with Crippen molar-refractivity contribution < 1.29 is 19.0 Å². The zero-order chi connectivity index (χ0) is 19.2. The molecule has 0 saturated heterocycles. The fourth-order valence-corrected chi connectivity index (χ4v) is 3.00. The van der Waals surface area contributed by atoms with Gasteiger partial charge < -0.3 is 24.9 Å². The van der Waals surface area contributed by atoms with E-state index in [1.807, 2.05) is 55.5 Å². The Labute approximate surface area is 158 Å². The molecular formula is C21H24N2O4. The number of benzene rings is 2. The van der Waals surface area contributed by atoms with Gasteiger partial charge in [-0.3, -0.25) is 4.79 Å². The maximum Gasteiger partial charge on any atom is 0.323 e. The Morgan fingerprint density at radius 2 is 1.78 bits per heavy atom. The van der Waals surface area contributed by atoms with E-state index in [9.17, 15) is 4.79 Å². The summed E-state index contributed by atoms with van der Waals surface area (Å²) in [6, 6.07) is 15.0. The fourth-order valence-electron chi connectivity index (χ4n) is 3.00. The van der Waals surface area contributed by atoms with Gasteiger partial charge in [-0.1, -0.05) is 30.3 Å². The van der Waals surface area contributed by atoms with E-state index >= 15 is 0 Å². The Hall–Kier alpha value is -2.99. The lowest BCUT2D eigenvalue weighted by Crippen LogP contribution is -2.34. The standard InChI is InChI=1S/C14H18N2O2.C7H6O2/c1-3-18-14(17)12(15)8-11-9(2)16-13-7-5-4-6-10(11)13;1-2-4-7-6(3-1)8-5-9-7/h4-7,12,16H,3,8,15H2,1-2H3;1-4H,5H2/t12-;/m0./s1. The van der Waals surface area contributed by atoms with Crippen molar-refractivity contribution in [3.8, 4) is 11.5 Å². The number of nitrogens with one attached hydrogen (secondary N) is 1. The number of esters is 1. The number of aryl methyl sites for hydroxylation is 1. The van der Waals surface area contributed by atoms with Crippen molar-refractivity contribution in [3.63, 3.8) is 0 Å². The number of rotatable bonds is 4. The number of carbonyl (C=O) groups is 1. The van der Waals surface area contributed by atoms with Gasteiger partial charge in [-0.15, -0.1) is 0 Å². The van der Waals surface area contributed by atoms with Gasteiger partial charge in [0.25, 0.3) is 0 Å². The fraction of sp³-hybridized carbons (Fsp3) is 0.286. The van der Waals surface area contributed by atoms with Crippen LogP contribution in [0.25, 0.3) is 10.9 Å². The molecule has 0 unspecified atom stereocenters. The van der Waals surface area contributed by atoms with Crippen LogP contribution in [-0.2, 0) is 16.0 Å². The summed E-state index contributed by atoms with van der Waals surface area (Å²) in [5.74, 6) is 1.34. The molecule has 6 heteroatoms. The summed E-state index contributed by atoms with van der Waals surface area (Å²) in [4.78, 5) is 14.9. The summed E-state index contributed by atoms with van der Waals surface area (Å²) in [6.07, 6.45) is 0.495.